The van der Waals surface area contributed by atoms with Crippen molar-refractivity contribution in [1.82, 2.24) is 4.98 Å². The fourth-order valence-corrected chi connectivity index (χ4v) is 3.39. The number of pyridine rings is 1. The number of nitrogens with one attached hydrogen (secondary N) is 1. The van der Waals surface area contributed by atoms with Crippen LogP contribution in [0.3, 0.4) is 0 Å². The van der Waals surface area contributed by atoms with E-state index >= 15 is 0 Å². The summed E-state index contributed by atoms with van der Waals surface area (Å²) in [5.41, 5.74) is 1.19. The summed E-state index contributed by atoms with van der Waals surface area (Å²) in [7, 11) is -3.30. The van der Waals surface area contributed by atoms with Crippen LogP contribution in [-0.2, 0) is 10.0 Å². The molecule has 1 N–H and O–H groups in total. The molecule has 0 spiro atoms. The minimum absolute atomic E-state index is 0.135. The summed E-state index contributed by atoms with van der Waals surface area (Å²) in [6.45, 7) is 1.96. The van der Waals surface area contributed by atoms with Gasteiger partial charge in [-0.3, -0.25) is 9.71 Å². The first-order valence-corrected chi connectivity index (χ1v) is 8.51. The molecule has 0 unspecified atom stereocenters. The first-order valence-electron chi connectivity index (χ1n) is 6.06. The molecule has 0 atom stereocenters. The van der Waals surface area contributed by atoms with Crippen molar-refractivity contribution in [1.29, 1.82) is 0 Å². The lowest BCUT2D eigenvalue weighted by atomic mass is 10.2. The van der Waals surface area contributed by atoms with Crippen LogP contribution in [0.25, 0.3) is 10.9 Å². The van der Waals surface area contributed by atoms with Crippen LogP contribution < -0.4 is 4.72 Å². The SMILES string of the molecule is CCCCS(=O)(=O)Nc1cccc2cc(Br)cnc12. The molecule has 2 aromatic rings. The van der Waals surface area contributed by atoms with E-state index in [0.29, 0.717) is 17.6 Å². The van der Waals surface area contributed by atoms with Gasteiger partial charge in [-0.1, -0.05) is 25.5 Å². The molecule has 6 heteroatoms. The van der Waals surface area contributed by atoms with Crippen molar-refractivity contribution in [3.8, 4) is 0 Å². The molecule has 0 saturated heterocycles. The van der Waals surface area contributed by atoms with Gasteiger partial charge in [0.15, 0.2) is 0 Å². The summed E-state index contributed by atoms with van der Waals surface area (Å²) in [4.78, 5) is 4.27. The Balaban J connectivity index is 2.36. The number of benzene rings is 1. The number of rotatable bonds is 5. The van der Waals surface area contributed by atoms with Crippen molar-refractivity contribution < 1.29 is 8.42 Å². The topological polar surface area (TPSA) is 59.1 Å². The number of aromatic nitrogens is 1. The monoisotopic (exact) mass is 342 g/mol. The zero-order valence-electron chi connectivity index (χ0n) is 10.6. The molecule has 1 aromatic heterocycles. The first kappa shape index (κ1) is 14.3. The summed E-state index contributed by atoms with van der Waals surface area (Å²) in [5.74, 6) is 0.135. The second kappa shape index (κ2) is 5.88. The van der Waals surface area contributed by atoms with E-state index in [9.17, 15) is 8.42 Å². The van der Waals surface area contributed by atoms with Gasteiger partial charge in [-0.15, -0.1) is 0 Å². The van der Waals surface area contributed by atoms with E-state index in [0.717, 1.165) is 16.3 Å². The molecule has 0 aliphatic carbocycles. The predicted molar refractivity (Wildman–Crippen MR) is 81.8 cm³/mol. The Kier molecular flexibility index (Phi) is 4.42. The lowest BCUT2D eigenvalue weighted by Gasteiger charge is -2.09. The lowest BCUT2D eigenvalue weighted by molar-refractivity contribution is 0.598. The van der Waals surface area contributed by atoms with Gasteiger partial charge in [0.25, 0.3) is 0 Å². The van der Waals surface area contributed by atoms with Gasteiger partial charge in [-0.25, -0.2) is 8.42 Å². The number of fused-ring (bicyclic) bond motifs is 1. The van der Waals surface area contributed by atoms with Crippen LogP contribution >= 0.6 is 15.9 Å². The Morgan fingerprint density at radius 2 is 2.16 bits per heavy atom. The smallest absolute Gasteiger partial charge is 0.232 e. The molecule has 0 radical (unpaired) electrons. The van der Waals surface area contributed by atoms with E-state index in [1.165, 1.54) is 0 Å². The van der Waals surface area contributed by atoms with E-state index < -0.39 is 10.0 Å². The quantitative estimate of drug-likeness (QED) is 0.903. The van der Waals surface area contributed by atoms with Gasteiger partial charge in [0, 0.05) is 16.1 Å². The van der Waals surface area contributed by atoms with Crippen molar-refractivity contribution in [2.24, 2.45) is 0 Å². The van der Waals surface area contributed by atoms with Gasteiger partial charge in [0.05, 0.1) is 17.0 Å². The highest BCUT2D eigenvalue weighted by Crippen LogP contribution is 2.24. The normalized spacial score (nSPS) is 11.7. The predicted octanol–water partition coefficient (Wildman–Crippen LogP) is 3.54. The molecule has 4 nitrogen and oxygen atoms in total. The fourth-order valence-electron chi connectivity index (χ4n) is 1.77. The molecule has 1 heterocycles. The van der Waals surface area contributed by atoms with Gasteiger partial charge in [-0.05, 0) is 34.5 Å². The molecular weight excluding hydrogens is 328 g/mol. The standard InChI is InChI=1S/C13H15BrN2O2S/c1-2-3-7-19(17,18)16-12-6-4-5-10-8-11(14)9-15-13(10)12/h4-6,8-9,16H,2-3,7H2,1H3. The van der Waals surface area contributed by atoms with Crippen molar-refractivity contribution >= 4 is 42.5 Å². The van der Waals surface area contributed by atoms with Gasteiger partial charge >= 0.3 is 0 Å². The highest BCUT2D eigenvalue weighted by atomic mass is 79.9. The van der Waals surface area contributed by atoms with E-state index in [4.69, 9.17) is 0 Å². The van der Waals surface area contributed by atoms with Crippen LogP contribution in [0.15, 0.2) is 34.9 Å². The van der Waals surface area contributed by atoms with E-state index in [2.05, 4.69) is 25.6 Å². The molecule has 102 valence electrons. The number of hydrogen-bond acceptors (Lipinski definition) is 3. The molecule has 19 heavy (non-hydrogen) atoms. The second-order valence-electron chi connectivity index (χ2n) is 4.31. The van der Waals surface area contributed by atoms with E-state index in [-0.39, 0.29) is 5.75 Å². The summed E-state index contributed by atoms with van der Waals surface area (Å²) >= 11 is 3.35. The Bertz CT molecular complexity index is 686. The number of halogens is 1. The van der Waals surface area contributed by atoms with Crippen LogP contribution in [0.5, 0.6) is 0 Å². The van der Waals surface area contributed by atoms with Crippen molar-refractivity contribution in [2.75, 3.05) is 10.5 Å². The molecule has 0 saturated carbocycles. The third-order valence-electron chi connectivity index (χ3n) is 2.71. The number of unbranched alkanes of at least 4 members (excludes halogenated alkanes) is 1. The zero-order valence-corrected chi connectivity index (χ0v) is 13.0. The van der Waals surface area contributed by atoms with E-state index in [1.807, 2.05) is 25.1 Å². The van der Waals surface area contributed by atoms with Gasteiger partial charge < -0.3 is 0 Å². The average Bonchev–Trinajstić information content (AvgIpc) is 2.36. The number of para-hydroxylation sites is 1. The summed E-state index contributed by atoms with van der Waals surface area (Å²) < 4.78 is 27.3. The number of hydrogen-bond donors (Lipinski definition) is 1. The minimum Gasteiger partial charge on any atom is -0.281 e. The maximum atomic E-state index is 11.9. The first-order chi connectivity index (χ1) is 9.02. The number of anilines is 1. The van der Waals surface area contributed by atoms with Gasteiger partial charge in [-0.2, -0.15) is 0 Å². The van der Waals surface area contributed by atoms with Crippen molar-refractivity contribution in [3.05, 3.63) is 34.9 Å². The largest absolute Gasteiger partial charge is 0.281 e. The second-order valence-corrected chi connectivity index (χ2v) is 7.06. The number of nitrogens with zero attached hydrogens (tertiary/aromatic N) is 1. The Labute approximate surface area is 121 Å². The number of sulfonamides is 1. The van der Waals surface area contributed by atoms with Crippen LogP contribution in [-0.4, -0.2) is 19.2 Å². The van der Waals surface area contributed by atoms with Gasteiger partial charge in [0.1, 0.15) is 0 Å². The lowest BCUT2D eigenvalue weighted by Crippen LogP contribution is -2.16. The molecule has 0 bridgehead atoms. The Morgan fingerprint density at radius 1 is 1.37 bits per heavy atom. The maximum absolute atomic E-state index is 11.9. The zero-order chi connectivity index (χ0) is 13.9. The molecule has 2 rings (SSSR count). The summed E-state index contributed by atoms with van der Waals surface area (Å²) in [6, 6.07) is 7.35. The summed E-state index contributed by atoms with van der Waals surface area (Å²) in [5, 5.41) is 0.894. The van der Waals surface area contributed by atoms with Gasteiger partial charge in [0.2, 0.25) is 10.0 Å². The highest BCUT2D eigenvalue weighted by molar-refractivity contribution is 9.10. The molecule has 0 amide bonds. The van der Waals surface area contributed by atoms with Crippen LogP contribution in [0.1, 0.15) is 19.8 Å². The fraction of sp³-hybridized carbons (Fsp3) is 0.308. The molecule has 0 fully saturated rings. The Morgan fingerprint density at radius 3 is 2.89 bits per heavy atom. The van der Waals surface area contributed by atoms with Crippen molar-refractivity contribution in [3.63, 3.8) is 0 Å². The van der Waals surface area contributed by atoms with Crippen LogP contribution in [0, 0.1) is 0 Å². The molecule has 0 aliphatic heterocycles. The summed E-state index contributed by atoms with van der Waals surface area (Å²) in [6.07, 6.45) is 3.16. The third-order valence-corrected chi connectivity index (χ3v) is 4.50. The molecule has 1 aromatic carbocycles. The molecule has 0 aliphatic rings. The van der Waals surface area contributed by atoms with E-state index in [1.54, 1.807) is 12.3 Å². The van der Waals surface area contributed by atoms with Crippen LogP contribution in [0.4, 0.5) is 5.69 Å². The average molecular weight is 343 g/mol. The van der Waals surface area contributed by atoms with Crippen LogP contribution in [0.2, 0.25) is 0 Å². The maximum Gasteiger partial charge on any atom is 0.232 e. The highest BCUT2D eigenvalue weighted by Gasteiger charge is 2.12. The van der Waals surface area contributed by atoms with Crippen molar-refractivity contribution in [2.45, 2.75) is 19.8 Å². The third kappa shape index (κ3) is 3.67. The minimum atomic E-state index is -3.30. The molecular formula is C13H15BrN2O2S. The Hall–Kier alpha value is -1.14.